The molecule has 1 atom stereocenters. The minimum atomic E-state index is -0.268. The van der Waals surface area contributed by atoms with Gasteiger partial charge in [0.2, 0.25) is 0 Å². The number of carbonyl (C=O) groups is 1. The Morgan fingerprint density at radius 3 is 2.29 bits per heavy atom. The van der Waals surface area contributed by atoms with E-state index >= 15 is 0 Å². The number of likely N-dealkylation sites (N-methyl/N-ethyl adjacent to an activating group) is 1. The number of amides is 2. The summed E-state index contributed by atoms with van der Waals surface area (Å²) in [5.41, 5.74) is 1.69. The van der Waals surface area contributed by atoms with E-state index < -0.39 is 0 Å². The molecule has 6 heteroatoms. The molecule has 0 heterocycles. The Bertz CT molecular complexity index is 659. The number of carbonyl (C=O) groups excluding carboxylic acids is 1. The van der Waals surface area contributed by atoms with Gasteiger partial charge in [0.25, 0.3) is 0 Å². The maximum Gasteiger partial charge on any atom is 0.319 e. The van der Waals surface area contributed by atoms with Crippen molar-refractivity contribution in [3.63, 3.8) is 0 Å². The molecule has 0 saturated carbocycles. The molecule has 0 aromatic heterocycles. The third-order valence-electron chi connectivity index (χ3n) is 3.68. The van der Waals surface area contributed by atoms with Crippen LogP contribution < -0.4 is 10.6 Å². The molecule has 0 radical (unpaired) electrons. The molecule has 0 saturated heterocycles. The fourth-order valence-corrected chi connectivity index (χ4v) is 2.73. The smallest absolute Gasteiger partial charge is 0.319 e. The molecule has 4 nitrogen and oxygen atoms in total. The van der Waals surface area contributed by atoms with Gasteiger partial charge < -0.3 is 15.5 Å². The van der Waals surface area contributed by atoms with Gasteiger partial charge in [-0.15, -0.1) is 11.8 Å². The van der Waals surface area contributed by atoms with Crippen LogP contribution in [0.3, 0.4) is 0 Å². The predicted molar refractivity (Wildman–Crippen MR) is 98.1 cm³/mol. The number of rotatable bonds is 6. The van der Waals surface area contributed by atoms with Crippen molar-refractivity contribution in [2.24, 2.45) is 0 Å². The Labute approximate surface area is 146 Å². The van der Waals surface area contributed by atoms with Gasteiger partial charge >= 0.3 is 6.03 Å². The summed E-state index contributed by atoms with van der Waals surface area (Å²) in [6.07, 6.45) is 2.01. The number of hydrogen-bond acceptors (Lipinski definition) is 3. The van der Waals surface area contributed by atoms with Crippen LogP contribution in [-0.4, -0.2) is 37.8 Å². The van der Waals surface area contributed by atoms with E-state index in [0.717, 1.165) is 16.1 Å². The first-order chi connectivity index (χ1) is 11.5. The van der Waals surface area contributed by atoms with Gasteiger partial charge in [0.1, 0.15) is 5.82 Å². The third kappa shape index (κ3) is 5.25. The first-order valence-electron chi connectivity index (χ1n) is 7.60. The van der Waals surface area contributed by atoms with Crippen molar-refractivity contribution in [1.29, 1.82) is 0 Å². The highest BCUT2D eigenvalue weighted by molar-refractivity contribution is 7.98. The maximum atomic E-state index is 13.1. The largest absolute Gasteiger partial charge is 0.336 e. The van der Waals surface area contributed by atoms with E-state index in [0.29, 0.717) is 6.54 Å². The Kier molecular flexibility index (Phi) is 6.63. The van der Waals surface area contributed by atoms with Crippen molar-refractivity contribution < 1.29 is 9.18 Å². The summed E-state index contributed by atoms with van der Waals surface area (Å²) < 4.78 is 13.1. The second kappa shape index (κ2) is 8.70. The minimum absolute atomic E-state index is 0.0322. The minimum Gasteiger partial charge on any atom is -0.336 e. The van der Waals surface area contributed by atoms with Gasteiger partial charge in [0.05, 0.1) is 6.04 Å². The monoisotopic (exact) mass is 347 g/mol. The van der Waals surface area contributed by atoms with Crippen LogP contribution in [0, 0.1) is 5.82 Å². The number of urea groups is 1. The molecular formula is C18H22FN3OS. The van der Waals surface area contributed by atoms with Gasteiger partial charge in [-0.2, -0.15) is 0 Å². The molecule has 0 fully saturated rings. The van der Waals surface area contributed by atoms with Gasteiger partial charge in [0, 0.05) is 17.1 Å². The average molecular weight is 347 g/mol. The lowest BCUT2D eigenvalue weighted by Crippen LogP contribution is -2.36. The molecule has 2 rings (SSSR count). The molecule has 0 aliphatic rings. The Morgan fingerprint density at radius 1 is 1.12 bits per heavy atom. The number of thioether (sulfide) groups is 1. The van der Waals surface area contributed by atoms with Crippen molar-refractivity contribution in [2.75, 3.05) is 32.2 Å². The van der Waals surface area contributed by atoms with Gasteiger partial charge in [-0.05, 0) is 62.3 Å². The Hall–Kier alpha value is -2.05. The van der Waals surface area contributed by atoms with Crippen LogP contribution in [0.15, 0.2) is 53.4 Å². The lowest BCUT2D eigenvalue weighted by molar-refractivity contribution is 0.243. The van der Waals surface area contributed by atoms with Gasteiger partial charge in [-0.3, -0.25) is 0 Å². The molecule has 0 aliphatic carbocycles. The van der Waals surface area contributed by atoms with Crippen molar-refractivity contribution in [1.82, 2.24) is 10.2 Å². The van der Waals surface area contributed by atoms with Gasteiger partial charge in [0.15, 0.2) is 0 Å². The molecule has 2 aromatic carbocycles. The molecule has 128 valence electrons. The van der Waals surface area contributed by atoms with E-state index in [2.05, 4.69) is 10.6 Å². The number of nitrogens with one attached hydrogen (secondary N) is 2. The zero-order valence-corrected chi connectivity index (χ0v) is 14.9. The summed E-state index contributed by atoms with van der Waals surface area (Å²) in [4.78, 5) is 15.2. The number of halogens is 1. The number of hydrogen-bond donors (Lipinski definition) is 2. The SMILES string of the molecule is CSc1ccc(NC(=O)NCC(c2ccc(F)cc2)N(C)C)cc1. The Balaban J connectivity index is 1.93. The third-order valence-corrected chi connectivity index (χ3v) is 4.43. The first kappa shape index (κ1) is 18.3. The second-order valence-electron chi connectivity index (χ2n) is 5.59. The first-order valence-corrected chi connectivity index (χ1v) is 8.83. The molecule has 1 unspecified atom stereocenters. The summed E-state index contributed by atoms with van der Waals surface area (Å²) in [6, 6.07) is 13.7. The maximum absolute atomic E-state index is 13.1. The molecule has 2 amide bonds. The fourth-order valence-electron chi connectivity index (χ4n) is 2.32. The summed E-state index contributed by atoms with van der Waals surface area (Å²) >= 11 is 1.65. The van der Waals surface area contributed by atoms with Crippen molar-refractivity contribution in [3.05, 3.63) is 59.9 Å². The van der Waals surface area contributed by atoms with E-state index in [1.165, 1.54) is 12.1 Å². The highest BCUT2D eigenvalue weighted by Gasteiger charge is 2.15. The van der Waals surface area contributed by atoms with Gasteiger partial charge in [-0.25, -0.2) is 9.18 Å². The molecule has 0 spiro atoms. The van der Waals surface area contributed by atoms with Crippen molar-refractivity contribution in [2.45, 2.75) is 10.9 Å². The molecule has 0 bridgehead atoms. The van der Waals surface area contributed by atoms with Crippen LogP contribution in [-0.2, 0) is 0 Å². The van der Waals surface area contributed by atoms with E-state index in [1.807, 2.05) is 49.5 Å². The van der Waals surface area contributed by atoms with Crippen LogP contribution in [0.1, 0.15) is 11.6 Å². The zero-order valence-electron chi connectivity index (χ0n) is 14.0. The van der Waals surface area contributed by atoms with Crippen LogP contribution in [0.4, 0.5) is 14.9 Å². The molecule has 2 N–H and O–H groups in total. The molecule has 2 aromatic rings. The van der Waals surface area contributed by atoms with Crippen LogP contribution in [0.5, 0.6) is 0 Å². The Morgan fingerprint density at radius 2 is 1.75 bits per heavy atom. The fraction of sp³-hybridized carbons (Fsp3) is 0.278. The summed E-state index contributed by atoms with van der Waals surface area (Å²) in [5, 5.41) is 5.67. The zero-order chi connectivity index (χ0) is 17.5. The number of nitrogens with zero attached hydrogens (tertiary/aromatic N) is 1. The lowest BCUT2D eigenvalue weighted by atomic mass is 10.1. The van der Waals surface area contributed by atoms with E-state index in [1.54, 1.807) is 23.9 Å². The highest BCUT2D eigenvalue weighted by Crippen LogP contribution is 2.19. The van der Waals surface area contributed by atoms with E-state index in [4.69, 9.17) is 0 Å². The van der Waals surface area contributed by atoms with Crippen LogP contribution in [0.25, 0.3) is 0 Å². The topological polar surface area (TPSA) is 44.4 Å². The predicted octanol–water partition coefficient (Wildman–Crippen LogP) is 3.97. The van der Waals surface area contributed by atoms with Crippen LogP contribution >= 0.6 is 11.8 Å². The summed E-state index contributed by atoms with van der Waals surface area (Å²) in [5.74, 6) is -0.268. The van der Waals surface area contributed by atoms with Crippen molar-refractivity contribution in [3.8, 4) is 0 Å². The molecular weight excluding hydrogens is 325 g/mol. The lowest BCUT2D eigenvalue weighted by Gasteiger charge is -2.25. The molecule has 24 heavy (non-hydrogen) atoms. The van der Waals surface area contributed by atoms with Crippen molar-refractivity contribution >= 4 is 23.5 Å². The number of benzene rings is 2. The average Bonchev–Trinajstić information content (AvgIpc) is 2.57. The van der Waals surface area contributed by atoms with Gasteiger partial charge in [-0.1, -0.05) is 12.1 Å². The normalized spacial score (nSPS) is 12.0. The highest BCUT2D eigenvalue weighted by atomic mass is 32.2. The summed E-state index contributed by atoms with van der Waals surface area (Å²) in [7, 11) is 3.85. The van der Waals surface area contributed by atoms with E-state index in [-0.39, 0.29) is 17.9 Å². The number of anilines is 1. The van der Waals surface area contributed by atoms with Crippen LogP contribution in [0.2, 0.25) is 0 Å². The van der Waals surface area contributed by atoms with E-state index in [9.17, 15) is 9.18 Å². The second-order valence-corrected chi connectivity index (χ2v) is 6.47. The quantitative estimate of drug-likeness (QED) is 0.777. The molecule has 0 aliphatic heterocycles. The summed E-state index contributed by atoms with van der Waals surface area (Å²) in [6.45, 7) is 0.424. The standard InChI is InChI=1S/C18H22FN3OS/c1-22(2)17(13-4-6-14(19)7-5-13)12-20-18(23)21-15-8-10-16(24-3)11-9-15/h4-11,17H,12H2,1-3H3,(H2,20,21,23).